The van der Waals surface area contributed by atoms with Gasteiger partial charge < -0.3 is 16.0 Å². The smallest absolute Gasteiger partial charge is 0.126 e. The average molecular weight is 309 g/mol. The molecule has 0 saturated carbocycles. The second kappa shape index (κ2) is 6.79. The van der Waals surface area contributed by atoms with E-state index >= 15 is 0 Å². The number of nitrogen functional groups attached to an aromatic ring is 1. The van der Waals surface area contributed by atoms with Gasteiger partial charge in [-0.05, 0) is 44.1 Å². The van der Waals surface area contributed by atoms with Gasteiger partial charge in [-0.15, -0.1) is 0 Å². The van der Waals surface area contributed by atoms with Gasteiger partial charge in [-0.3, -0.25) is 5.41 Å². The number of nitrogens with one attached hydrogen (secondary N) is 2. The summed E-state index contributed by atoms with van der Waals surface area (Å²) < 4.78 is 0. The minimum atomic E-state index is 0.425. The molecule has 1 aromatic heterocycles. The van der Waals surface area contributed by atoms with Crippen LogP contribution in [0.2, 0.25) is 0 Å². The van der Waals surface area contributed by atoms with Crippen molar-refractivity contribution in [2.45, 2.75) is 6.42 Å². The zero-order chi connectivity index (χ0) is 16.2. The van der Waals surface area contributed by atoms with Gasteiger partial charge in [-0.25, -0.2) is 4.98 Å². The number of nitrogens with zero attached hydrogens (tertiary/aromatic N) is 2. The molecule has 0 spiro atoms. The highest BCUT2D eigenvalue weighted by atomic mass is 15.1. The van der Waals surface area contributed by atoms with Crippen molar-refractivity contribution in [2.75, 3.05) is 37.7 Å². The Labute approximate surface area is 137 Å². The lowest BCUT2D eigenvalue weighted by Gasteiger charge is -2.13. The third kappa shape index (κ3) is 3.68. The molecule has 2 aromatic rings. The van der Waals surface area contributed by atoms with E-state index in [0.717, 1.165) is 36.6 Å². The van der Waals surface area contributed by atoms with Crippen LogP contribution in [0.5, 0.6) is 0 Å². The lowest BCUT2D eigenvalue weighted by molar-refractivity contribution is 0.399. The fourth-order valence-electron chi connectivity index (χ4n) is 3.00. The molecule has 120 valence electrons. The Kier molecular flexibility index (Phi) is 4.57. The molecular formula is C18H23N5. The van der Waals surface area contributed by atoms with E-state index < -0.39 is 0 Å². The molecule has 1 saturated heterocycles. The van der Waals surface area contributed by atoms with Crippen molar-refractivity contribution >= 4 is 17.2 Å². The van der Waals surface area contributed by atoms with E-state index in [4.69, 9.17) is 11.1 Å². The Morgan fingerprint density at radius 1 is 1.39 bits per heavy atom. The van der Waals surface area contributed by atoms with Crippen molar-refractivity contribution in [1.29, 1.82) is 5.41 Å². The fourth-order valence-corrected chi connectivity index (χ4v) is 3.00. The van der Waals surface area contributed by atoms with Crippen LogP contribution in [0, 0.1) is 11.3 Å². The number of aromatic nitrogens is 1. The molecule has 0 radical (unpaired) electrons. The third-order valence-electron chi connectivity index (χ3n) is 4.34. The van der Waals surface area contributed by atoms with E-state index in [0.29, 0.717) is 17.3 Å². The molecule has 2 heterocycles. The molecule has 5 nitrogen and oxygen atoms in total. The molecule has 23 heavy (non-hydrogen) atoms. The number of nitrogens with two attached hydrogens (primary N) is 1. The van der Waals surface area contributed by atoms with Gasteiger partial charge >= 0.3 is 0 Å². The average Bonchev–Trinajstić information content (AvgIpc) is 2.98. The molecule has 1 fully saturated rings. The maximum atomic E-state index is 8.39. The topological polar surface area (TPSA) is 78.0 Å². The Morgan fingerprint density at radius 3 is 2.96 bits per heavy atom. The van der Waals surface area contributed by atoms with Gasteiger partial charge in [0.25, 0.3) is 0 Å². The number of anilines is 2. The molecule has 0 aliphatic carbocycles. The van der Waals surface area contributed by atoms with Crippen LogP contribution in [-0.4, -0.2) is 42.3 Å². The molecule has 1 aliphatic rings. The molecule has 1 atom stereocenters. The van der Waals surface area contributed by atoms with Gasteiger partial charge in [-0.1, -0.05) is 18.2 Å². The first-order valence-corrected chi connectivity index (χ1v) is 7.96. The largest absolute Gasteiger partial charge is 0.398 e. The second-order valence-corrected chi connectivity index (χ2v) is 6.19. The zero-order valence-corrected chi connectivity index (χ0v) is 13.4. The van der Waals surface area contributed by atoms with Crippen LogP contribution in [0.4, 0.5) is 11.5 Å². The SMILES string of the molecule is CN1CCC(CNc2cc(C(=N)c3ccccc3N)ccn2)C1. The maximum absolute atomic E-state index is 8.39. The van der Waals surface area contributed by atoms with Gasteiger partial charge in [0, 0.05) is 36.1 Å². The highest BCUT2D eigenvalue weighted by Crippen LogP contribution is 2.19. The van der Waals surface area contributed by atoms with Gasteiger partial charge in [0.15, 0.2) is 0 Å². The van der Waals surface area contributed by atoms with Crippen LogP contribution in [0.3, 0.4) is 0 Å². The van der Waals surface area contributed by atoms with Gasteiger partial charge in [-0.2, -0.15) is 0 Å². The van der Waals surface area contributed by atoms with E-state index in [9.17, 15) is 0 Å². The number of pyridine rings is 1. The molecule has 1 aliphatic heterocycles. The van der Waals surface area contributed by atoms with Gasteiger partial charge in [0.2, 0.25) is 0 Å². The summed E-state index contributed by atoms with van der Waals surface area (Å²) in [5, 5.41) is 11.8. The first-order chi connectivity index (χ1) is 11.1. The fraction of sp³-hybridized carbons (Fsp3) is 0.333. The summed E-state index contributed by atoms with van der Waals surface area (Å²) in [5.41, 5.74) is 8.60. The van der Waals surface area contributed by atoms with Crippen molar-refractivity contribution in [3.63, 3.8) is 0 Å². The van der Waals surface area contributed by atoms with Crippen molar-refractivity contribution in [1.82, 2.24) is 9.88 Å². The van der Waals surface area contributed by atoms with E-state index in [1.54, 1.807) is 6.20 Å². The Balaban J connectivity index is 1.70. The number of para-hydroxylation sites is 1. The molecule has 3 rings (SSSR count). The van der Waals surface area contributed by atoms with E-state index in [-0.39, 0.29) is 0 Å². The molecule has 1 aromatic carbocycles. The number of likely N-dealkylation sites (tertiary alicyclic amines) is 1. The number of rotatable bonds is 5. The molecule has 5 heteroatoms. The van der Waals surface area contributed by atoms with Crippen LogP contribution >= 0.6 is 0 Å². The van der Waals surface area contributed by atoms with Crippen LogP contribution in [0.25, 0.3) is 0 Å². The predicted octanol–water partition coefficient (Wildman–Crippen LogP) is 2.44. The Hall–Kier alpha value is -2.40. The van der Waals surface area contributed by atoms with Crippen molar-refractivity contribution in [3.8, 4) is 0 Å². The van der Waals surface area contributed by atoms with E-state index in [1.165, 1.54) is 6.42 Å². The molecule has 1 unspecified atom stereocenters. The van der Waals surface area contributed by atoms with Crippen molar-refractivity contribution in [2.24, 2.45) is 5.92 Å². The predicted molar refractivity (Wildman–Crippen MR) is 95.1 cm³/mol. The summed E-state index contributed by atoms with van der Waals surface area (Å²) in [5.74, 6) is 1.48. The third-order valence-corrected chi connectivity index (χ3v) is 4.34. The minimum Gasteiger partial charge on any atom is -0.398 e. The molecular weight excluding hydrogens is 286 g/mol. The second-order valence-electron chi connectivity index (χ2n) is 6.19. The summed E-state index contributed by atoms with van der Waals surface area (Å²) in [6.07, 6.45) is 2.96. The van der Waals surface area contributed by atoms with Gasteiger partial charge in [0.1, 0.15) is 5.82 Å². The highest BCUT2D eigenvalue weighted by molar-refractivity contribution is 6.14. The standard InChI is InChI=1S/C18H23N5/c1-23-9-7-13(12-23)11-22-17-10-14(6-8-21-17)18(20)15-4-2-3-5-16(15)19/h2-6,8,10,13,20H,7,9,11-12,19H2,1H3,(H,21,22). The van der Waals surface area contributed by atoms with Crippen molar-refractivity contribution in [3.05, 3.63) is 53.7 Å². The zero-order valence-electron chi connectivity index (χ0n) is 13.4. The summed E-state index contributed by atoms with van der Waals surface area (Å²) >= 11 is 0. The van der Waals surface area contributed by atoms with E-state index in [1.807, 2.05) is 36.4 Å². The van der Waals surface area contributed by atoms with Crippen molar-refractivity contribution < 1.29 is 0 Å². The molecule has 0 bridgehead atoms. The number of hydrogen-bond acceptors (Lipinski definition) is 5. The van der Waals surface area contributed by atoms with Crippen LogP contribution in [0.15, 0.2) is 42.6 Å². The monoisotopic (exact) mass is 309 g/mol. The Bertz CT molecular complexity index is 697. The van der Waals surface area contributed by atoms with Crippen LogP contribution in [0.1, 0.15) is 17.5 Å². The van der Waals surface area contributed by atoms with Crippen LogP contribution < -0.4 is 11.1 Å². The summed E-state index contributed by atoms with van der Waals surface area (Å²) in [4.78, 5) is 6.72. The maximum Gasteiger partial charge on any atom is 0.126 e. The summed E-state index contributed by atoms with van der Waals surface area (Å²) in [7, 11) is 2.16. The first kappa shape index (κ1) is 15.5. The normalized spacial score (nSPS) is 18.0. The van der Waals surface area contributed by atoms with Crippen LogP contribution in [-0.2, 0) is 0 Å². The quantitative estimate of drug-likeness (QED) is 0.585. The lowest BCUT2D eigenvalue weighted by Crippen LogP contribution is -2.19. The Morgan fingerprint density at radius 2 is 2.22 bits per heavy atom. The number of benzene rings is 1. The molecule has 0 amide bonds. The summed E-state index contributed by atoms with van der Waals surface area (Å²) in [6, 6.07) is 11.2. The van der Waals surface area contributed by atoms with E-state index in [2.05, 4.69) is 22.2 Å². The first-order valence-electron chi connectivity index (χ1n) is 7.96. The highest BCUT2D eigenvalue weighted by Gasteiger charge is 2.19. The van der Waals surface area contributed by atoms with Gasteiger partial charge in [0.05, 0.1) is 5.71 Å². The lowest BCUT2D eigenvalue weighted by atomic mass is 10.0. The number of hydrogen-bond donors (Lipinski definition) is 3. The molecule has 4 N–H and O–H groups in total. The summed E-state index contributed by atoms with van der Waals surface area (Å²) in [6.45, 7) is 3.21. The minimum absolute atomic E-state index is 0.425.